The molecular weight excluding hydrogens is 178 g/mol. The van der Waals surface area contributed by atoms with E-state index in [0.717, 1.165) is 5.92 Å². The molecule has 14 heavy (non-hydrogen) atoms. The lowest BCUT2D eigenvalue weighted by Crippen LogP contribution is -2.37. The molecule has 2 atom stereocenters. The van der Waals surface area contributed by atoms with Crippen molar-refractivity contribution in [1.29, 1.82) is 0 Å². The fourth-order valence-corrected chi connectivity index (χ4v) is 2.70. The molecule has 2 aliphatic rings. The number of hydrogen-bond donors (Lipinski definition) is 2. The SMILES string of the molecule is CC1CCC(N2CC(O)C(O)C2)CC1. The first-order chi connectivity index (χ1) is 6.66. The van der Waals surface area contributed by atoms with Crippen LogP contribution in [0.1, 0.15) is 32.6 Å². The molecule has 1 saturated heterocycles. The highest BCUT2D eigenvalue weighted by atomic mass is 16.3. The van der Waals surface area contributed by atoms with E-state index in [4.69, 9.17) is 0 Å². The van der Waals surface area contributed by atoms with Gasteiger partial charge in [0.2, 0.25) is 0 Å². The van der Waals surface area contributed by atoms with Crippen molar-refractivity contribution in [2.75, 3.05) is 13.1 Å². The van der Waals surface area contributed by atoms with Crippen molar-refractivity contribution in [2.24, 2.45) is 5.92 Å². The molecule has 82 valence electrons. The second-order valence-electron chi connectivity index (χ2n) is 5.00. The average Bonchev–Trinajstić information content (AvgIpc) is 2.48. The molecule has 3 heteroatoms. The number of likely N-dealkylation sites (tertiary alicyclic amines) is 1. The number of hydrogen-bond acceptors (Lipinski definition) is 3. The van der Waals surface area contributed by atoms with Gasteiger partial charge in [0.05, 0.1) is 12.2 Å². The maximum Gasteiger partial charge on any atom is 0.0938 e. The Kier molecular flexibility index (Phi) is 3.10. The number of β-amino-alcohol motifs (C(OH)–C–C–N with tert-alkyl or cyclic N) is 2. The molecule has 0 radical (unpaired) electrons. The largest absolute Gasteiger partial charge is 0.389 e. The van der Waals surface area contributed by atoms with Gasteiger partial charge in [-0.15, -0.1) is 0 Å². The predicted molar refractivity (Wildman–Crippen MR) is 55.0 cm³/mol. The van der Waals surface area contributed by atoms with Crippen LogP contribution in [-0.2, 0) is 0 Å². The summed E-state index contributed by atoms with van der Waals surface area (Å²) in [7, 11) is 0. The molecule has 0 bridgehead atoms. The van der Waals surface area contributed by atoms with Crippen LogP contribution >= 0.6 is 0 Å². The molecule has 2 fully saturated rings. The van der Waals surface area contributed by atoms with Crippen LogP contribution in [0, 0.1) is 5.92 Å². The molecule has 2 N–H and O–H groups in total. The summed E-state index contributed by atoms with van der Waals surface area (Å²) in [5.74, 6) is 0.865. The highest BCUT2D eigenvalue weighted by Crippen LogP contribution is 2.29. The van der Waals surface area contributed by atoms with E-state index in [9.17, 15) is 10.2 Å². The third-order valence-corrected chi connectivity index (χ3v) is 3.79. The molecular formula is C11H21NO2. The monoisotopic (exact) mass is 199 g/mol. The smallest absolute Gasteiger partial charge is 0.0938 e. The summed E-state index contributed by atoms with van der Waals surface area (Å²) in [5, 5.41) is 18.9. The fourth-order valence-electron chi connectivity index (χ4n) is 2.70. The number of aliphatic hydroxyl groups excluding tert-OH is 2. The molecule has 0 spiro atoms. The fraction of sp³-hybridized carbons (Fsp3) is 1.00. The van der Waals surface area contributed by atoms with Gasteiger partial charge in [-0.2, -0.15) is 0 Å². The lowest BCUT2D eigenvalue weighted by Gasteiger charge is -2.33. The first kappa shape index (κ1) is 10.4. The Hall–Kier alpha value is -0.120. The third-order valence-electron chi connectivity index (χ3n) is 3.79. The van der Waals surface area contributed by atoms with Crippen molar-refractivity contribution in [1.82, 2.24) is 4.90 Å². The van der Waals surface area contributed by atoms with Crippen molar-refractivity contribution < 1.29 is 10.2 Å². The van der Waals surface area contributed by atoms with Gasteiger partial charge in [0.15, 0.2) is 0 Å². The van der Waals surface area contributed by atoms with E-state index in [1.165, 1.54) is 25.7 Å². The van der Waals surface area contributed by atoms with Gasteiger partial charge in [-0.05, 0) is 31.6 Å². The quantitative estimate of drug-likeness (QED) is 0.650. The van der Waals surface area contributed by atoms with Crippen LogP contribution in [-0.4, -0.2) is 46.5 Å². The van der Waals surface area contributed by atoms with Crippen LogP contribution in [0.25, 0.3) is 0 Å². The molecule has 0 aromatic heterocycles. The van der Waals surface area contributed by atoms with E-state index < -0.39 is 12.2 Å². The number of aliphatic hydroxyl groups is 2. The minimum Gasteiger partial charge on any atom is -0.389 e. The van der Waals surface area contributed by atoms with Gasteiger partial charge >= 0.3 is 0 Å². The van der Waals surface area contributed by atoms with Crippen molar-refractivity contribution in [3.8, 4) is 0 Å². The summed E-state index contributed by atoms with van der Waals surface area (Å²) < 4.78 is 0. The Balaban J connectivity index is 1.85. The maximum absolute atomic E-state index is 9.46. The van der Waals surface area contributed by atoms with E-state index in [0.29, 0.717) is 19.1 Å². The van der Waals surface area contributed by atoms with Crippen LogP contribution < -0.4 is 0 Å². The Bertz CT molecular complexity index is 180. The van der Waals surface area contributed by atoms with Crippen LogP contribution in [0.4, 0.5) is 0 Å². The van der Waals surface area contributed by atoms with E-state index in [2.05, 4.69) is 11.8 Å². The molecule has 2 unspecified atom stereocenters. The van der Waals surface area contributed by atoms with Gasteiger partial charge in [0, 0.05) is 19.1 Å². The Morgan fingerprint density at radius 1 is 0.929 bits per heavy atom. The molecule has 3 nitrogen and oxygen atoms in total. The zero-order valence-corrected chi connectivity index (χ0v) is 8.89. The summed E-state index contributed by atoms with van der Waals surface area (Å²) in [4.78, 5) is 2.27. The van der Waals surface area contributed by atoms with Crippen LogP contribution in [0.2, 0.25) is 0 Å². The normalized spacial score (nSPS) is 45.6. The minimum absolute atomic E-state index is 0.519. The van der Waals surface area contributed by atoms with E-state index in [-0.39, 0.29) is 0 Å². The van der Waals surface area contributed by atoms with Crippen molar-refractivity contribution in [3.05, 3.63) is 0 Å². The van der Waals surface area contributed by atoms with E-state index in [1.54, 1.807) is 0 Å². The Morgan fingerprint density at radius 3 is 1.93 bits per heavy atom. The molecule has 0 aromatic carbocycles. The molecule has 1 aliphatic heterocycles. The second-order valence-corrected chi connectivity index (χ2v) is 5.00. The summed E-state index contributed by atoms with van der Waals surface area (Å²) in [6.45, 7) is 3.64. The lowest BCUT2D eigenvalue weighted by molar-refractivity contribution is 0.0572. The molecule has 1 heterocycles. The van der Waals surface area contributed by atoms with Crippen molar-refractivity contribution >= 4 is 0 Å². The average molecular weight is 199 g/mol. The van der Waals surface area contributed by atoms with Gasteiger partial charge in [-0.3, -0.25) is 4.90 Å². The number of rotatable bonds is 1. The topological polar surface area (TPSA) is 43.7 Å². The predicted octanol–water partition coefficient (Wildman–Crippen LogP) is 0.602. The zero-order valence-electron chi connectivity index (χ0n) is 8.89. The Labute approximate surface area is 85.7 Å². The van der Waals surface area contributed by atoms with E-state index in [1.807, 2.05) is 0 Å². The summed E-state index contributed by atoms with van der Waals surface area (Å²) in [5.41, 5.74) is 0. The lowest BCUT2D eigenvalue weighted by atomic mass is 9.87. The van der Waals surface area contributed by atoms with Gasteiger partial charge in [0.25, 0.3) is 0 Å². The summed E-state index contributed by atoms with van der Waals surface area (Å²) in [6.07, 6.45) is 4.03. The first-order valence-corrected chi connectivity index (χ1v) is 5.77. The Morgan fingerprint density at radius 2 is 1.43 bits per heavy atom. The summed E-state index contributed by atoms with van der Waals surface area (Å²) in [6, 6.07) is 0.609. The minimum atomic E-state index is -0.519. The molecule has 1 saturated carbocycles. The van der Waals surface area contributed by atoms with Crippen molar-refractivity contribution in [2.45, 2.75) is 50.9 Å². The van der Waals surface area contributed by atoms with Gasteiger partial charge < -0.3 is 10.2 Å². The van der Waals surface area contributed by atoms with Crippen LogP contribution in [0.5, 0.6) is 0 Å². The maximum atomic E-state index is 9.46. The highest BCUT2D eigenvalue weighted by Gasteiger charge is 2.34. The zero-order chi connectivity index (χ0) is 10.1. The van der Waals surface area contributed by atoms with Gasteiger partial charge in [0.1, 0.15) is 0 Å². The molecule has 1 aliphatic carbocycles. The van der Waals surface area contributed by atoms with Gasteiger partial charge in [-0.1, -0.05) is 6.92 Å². The number of nitrogens with zero attached hydrogens (tertiary/aromatic N) is 1. The van der Waals surface area contributed by atoms with E-state index >= 15 is 0 Å². The first-order valence-electron chi connectivity index (χ1n) is 5.77. The third kappa shape index (κ3) is 2.10. The van der Waals surface area contributed by atoms with Crippen molar-refractivity contribution in [3.63, 3.8) is 0 Å². The van der Waals surface area contributed by atoms with Crippen LogP contribution in [0.15, 0.2) is 0 Å². The molecule has 0 aromatic rings. The van der Waals surface area contributed by atoms with Crippen LogP contribution in [0.3, 0.4) is 0 Å². The summed E-state index contributed by atoms with van der Waals surface area (Å²) >= 11 is 0. The highest BCUT2D eigenvalue weighted by molar-refractivity contribution is 4.89. The molecule has 0 amide bonds. The standard InChI is InChI=1S/C11H21NO2/c1-8-2-4-9(5-3-8)12-6-10(13)11(14)7-12/h8-11,13-14H,2-7H2,1H3. The molecule has 2 rings (SSSR count). The second kappa shape index (κ2) is 4.17. The van der Waals surface area contributed by atoms with Gasteiger partial charge in [-0.25, -0.2) is 0 Å².